The highest BCUT2D eigenvalue weighted by atomic mass is 16.1. The van der Waals surface area contributed by atoms with Crippen LogP contribution >= 0.6 is 0 Å². The van der Waals surface area contributed by atoms with Gasteiger partial charge in [0.2, 0.25) is 5.91 Å². The van der Waals surface area contributed by atoms with Crippen LogP contribution in [0.3, 0.4) is 0 Å². The summed E-state index contributed by atoms with van der Waals surface area (Å²) < 4.78 is 0. The van der Waals surface area contributed by atoms with Crippen LogP contribution in [0.1, 0.15) is 29.5 Å². The molecule has 0 bridgehead atoms. The Labute approximate surface area is 139 Å². The second-order valence-corrected chi connectivity index (χ2v) is 5.85. The Morgan fingerprint density at radius 2 is 1.65 bits per heavy atom. The van der Waals surface area contributed by atoms with Crippen molar-refractivity contribution < 1.29 is 4.79 Å². The van der Waals surface area contributed by atoms with E-state index in [2.05, 4.69) is 66.1 Å². The van der Waals surface area contributed by atoms with Crippen molar-refractivity contribution in [1.29, 1.82) is 0 Å². The predicted octanol–water partition coefficient (Wildman–Crippen LogP) is 3.22. The number of amides is 1. The van der Waals surface area contributed by atoms with Gasteiger partial charge in [0.05, 0.1) is 0 Å². The Hall–Kier alpha value is -2.13. The average molecular weight is 310 g/mol. The normalized spacial score (nSPS) is 10.5. The molecule has 23 heavy (non-hydrogen) atoms. The predicted molar refractivity (Wildman–Crippen MR) is 95.3 cm³/mol. The van der Waals surface area contributed by atoms with Gasteiger partial charge in [0.15, 0.2) is 0 Å². The van der Waals surface area contributed by atoms with Gasteiger partial charge in [0.25, 0.3) is 0 Å². The molecule has 0 aliphatic carbocycles. The second kappa shape index (κ2) is 9.80. The van der Waals surface area contributed by atoms with Gasteiger partial charge in [-0.05, 0) is 37.4 Å². The summed E-state index contributed by atoms with van der Waals surface area (Å²) in [4.78, 5) is 11.8. The van der Waals surface area contributed by atoms with Gasteiger partial charge >= 0.3 is 0 Å². The van der Waals surface area contributed by atoms with Crippen LogP contribution in [0.15, 0.2) is 54.6 Å². The molecule has 0 spiro atoms. The lowest BCUT2D eigenvalue weighted by Crippen LogP contribution is -2.27. The minimum atomic E-state index is 0.0983. The van der Waals surface area contributed by atoms with Crippen LogP contribution in [0.5, 0.6) is 0 Å². The van der Waals surface area contributed by atoms with Gasteiger partial charge in [0.1, 0.15) is 0 Å². The summed E-state index contributed by atoms with van der Waals surface area (Å²) in [6, 6.07) is 18.7. The van der Waals surface area contributed by atoms with Gasteiger partial charge < -0.3 is 10.6 Å². The lowest BCUT2D eigenvalue weighted by molar-refractivity contribution is -0.121. The van der Waals surface area contributed by atoms with E-state index in [0.29, 0.717) is 13.0 Å². The molecular weight excluding hydrogens is 284 g/mol. The molecule has 2 aromatic rings. The molecule has 2 rings (SSSR count). The third kappa shape index (κ3) is 7.11. The Bertz CT molecular complexity index is 578. The number of aryl methyl sites for hydroxylation is 2. The van der Waals surface area contributed by atoms with Crippen molar-refractivity contribution in [2.45, 2.75) is 32.7 Å². The van der Waals surface area contributed by atoms with E-state index in [4.69, 9.17) is 0 Å². The molecule has 0 aliphatic heterocycles. The fraction of sp³-hybridized carbons (Fsp3) is 0.350. The van der Waals surface area contributed by atoms with E-state index in [1.807, 2.05) is 6.07 Å². The number of carbonyl (C=O) groups excluding carboxylic acids is 1. The first-order chi connectivity index (χ1) is 11.2. The molecule has 3 nitrogen and oxygen atoms in total. The van der Waals surface area contributed by atoms with E-state index in [1.54, 1.807) is 0 Å². The van der Waals surface area contributed by atoms with Gasteiger partial charge in [-0.25, -0.2) is 0 Å². The second-order valence-electron chi connectivity index (χ2n) is 5.85. The summed E-state index contributed by atoms with van der Waals surface area (Å²) in [6.45, 7) is 4.34. The highest BCUT2D eigenvalue weighted by Crippen LogP contribution is 2.03. The SMILES string of the molecule is Cc1ccc(CNC(=O)CCNCCCc2ccccc2)cc1. The molecule has 0 heterocycles. The zero-order valence-electron chi connectivity index (χ0n) is 13.8. The molecular formula is C20H26N2O. The van der Waals surface area contributed by atoms with Crippen molar-refractivity contribution >= 4 is 5.91 Å². The molecule has 1 amide bonds. The van der Waals surface area contributed by atoms with Crippen molar-refractivity contribution in [1.82, 2.24) is 10.6 Å². The fourth-order valence-corrected chi connectivity index (χ4v) is 2.38. The fourth-order valence-electron chi connectivity index (χ4n) is 2.38. The van der Waals surface area contributed by atoms with E-state index >= 15 is 0 Å². The Kier molecular flexibility index (Phi) is 7.34. The van der Waals surface area contributed by atoms with E-state index in [-0.39, 0.29) is 5.91 Å². The Balaban J connectivity index is 1.50. The van der Waals surface area contributed by atoms with Crippen LogP contribution in [0.25, 0.3) is 0 Å². The van der Waals surface area contributed by atoms with Crippen LogP contribution < -0.4 is 10.6 Å². The van der Waals surface area contributed by atoms with Gasteiger partial charge in [-0.1, -0.05) is 60.2 Å². The summed E-state index contributed by atoms with van der Waals surface area (Å²) in [5.74, 6) is 0.0983. The van der Waals surface area contributed by atoms with Gasteiger partial charge in [0, 0.05) is 19.5 Å². The molecule has 0 saturated carbocycles. The Morgan fingerprint density at radius 1 is 0.913 bits per heavy atom. The highest BCUT2D eigenvalue weighted by Gasteiger charge is 2.01. The van der Waals surface area contributed by atoms with E-state index in [1.165, 1.54) is 11.1 Å². The number of nitrogens with one attached hydrogen (secondary N) is 2. The van der Waals surface area contributed by atoms with Crippen LogP contribution in [0, 0.1) is 6.92 Å². The number of rotatable bonds is 9. The van der Waals surface area contributed by atoms with Crippen molar-refractivity contribution in [3.8, 4) is 0 Å². The summed E-state index contributed by atoms with van der Waals surface area (Å²) in [5, 5.41) is 6.29. The van der Waals surface area contributed by atoms with Crippen molar-refractivity contribution in [3.05, 3.63) is 71.3 Å². The first-order valence-corrected chi connectivity index (χ1v) is 8.31. The molecule has 0 aliphatic rings. The molecule has 3 heteroatoms. The first-order valence-electron chi connectivity index (χ1n) is 8.31. The zero-order valence-corrected chi connectivity index (χ0v) is 13.8. The third-order valence-corrected chi connectivity index (χ3v) is 3.80. The van der Waals surface area contributed by atoms with Crippen LogP contribution in [0.4, 0.5) is 0 Å². The Morgan fingerprint density at radius 3 is 2.39 bits per heavy atom. The monoisotopic (exact) mass is 310 g/mol. The van der Waals surface area contributed by atoms with Crippen molar-refractivity contribution in [2.75, 3.05) is 13.1 Å². The molecule has 2 N–H and O–H groups in total. The third-order valence-electron chi connectivity index (χ3n) is 3.80. The van der Waals surface area contributed by atoms with E-state index < -0.39 is 0 Å². The van der Waals surface area contributed by atoms with Crippen LogP contribution in [-0.2, 0) is 17.8 Å². The molecule has 2 aromatic carbocycles. The minimum absolute atomic E-state index is 0.0983. The largest absolute Gasteiger partial charge is 0.352 e. The molecule has 0 atom stereocenters. The topological polar surface area (TPSA) is 41.1 Å². The highest BCUT2D eigenvalue weighted by molar-refractivity contribution is 5.76. The van der Waals surface area contributed by atoms with Crippen molar-refractivity contribution in [2.24, 2.45) is 0 Å². The molecule has 122 valence electrons. The van der Waals surface area contributed by atoms with Gasteiger partial charge in [-0.3, -0.25) is 4.79 Å². The number of carbonyl (C=O) groups is 1. The molecule has 0 unspecified atom stereocenters. The standard InChI is InChI=1S/C20H26N2O/c1-17-9-11-19(12-10-17)16-22-20(23)13-15-21-14-5-8-18-6-3-2-4-7-18/h2-4,6-7,9-12,21H,5,8,13-16H2,1H3,(H,22,23). The molecule has 0 fully saturated rings. The summed E-state index contributed by atoms with van der Waals surface area (Å²) in [7, 11) is 0. The van der Waals surface area contributed by atoms with Crippen LogP contribution in [-0.4, -0.2) is 19.0 Å². The number of hydrogen-bond donors (Lipinski definition) is 2. The number of hydrogen-bond acceptors (Lipinski definition) is 2. The molecule has 0 radical (unpaired) electrons. The van der Waals surface area contributed by atoms with E-state index in [9.17, 15) is 4.79 Å². The minimum Gasteiger partial charge on any atom is -0.352 e. The summed E-state index contributed by atoms with van der Waals surface area (Å²) >= 11 is 0. The maximum absolute atomic E-state index is 11.8. The van der Waals surface area contributed by atoms with Crippen molar-refractivity contribution in [3.63, 3.8) is 0 Å². The molecule has 0 saturated heterocycles. The number of benzene rings is 2. The summed E-state index contributed by atoms with van der Waals surface area (Å²) in [5.41, 5.74) is 3.74. The molecule has 0 aromatic heterocycles. The van der Waals surface area contributed by atoms with E-state index in [0.717, 1.165) is 31.5 Å². The van der Waals surface area contributed by atoms with Gasteiger partial charge in [-0.2, -0.15) is 0 Å². The quantitative estimate of drug-likeness (QED) is 0.698. The summed E-state index contributed by atoms with van der Waals surface area (Å²) in [6.07, 6.45) is 2.69. The zero-order chi connectivity index (χ0) is 16.3. The first kappa shape index (κ1) is 17.2. The lowest BCUT2D eigenvalue weighted by Gasteiger charge is -2.07. The lowest BCUT2D eigenvalue weighted by atomic mass is 10.1. The van der Waals surface area contributed by atoms with Crippen LogP contribution in [0.2, 0.25) is 0 Å². The maximum Gasteiger partial charge on any atom is 0.221 e. The maximum atomic E-state index is 11.8. The average Bonchev–Trinajstić information content (AvgIpc) is 2.58. The van der Waals surface area contributed by atoms with Gasteiger partial charge in [-0.15, -0.1) is 0 Å². The smallest absolute Gasteiger partial charge is 0.221 e.